The van der Waals surface area contributed by atoms with E-state index in [0.29, 0.717) is 6.04 Å². The van der Waals surface area contributed by atoms with Crippen LogP contribution in [0.1, 0.15) is 46.5 Å². The molecule has 1 N–H and O–H groups in total. The fourth-order valence-electron chi connectivity index (χ4n) is 2.05. The van der Waals surface area contributed by atoms with Crippen LogP contribution in [0.3, 0.4) is 0 Å². The van der Waals surface area contributed by atoms with Gasteiger partial charge in [0.05, 0.1) is 0 Å². The van der Waals surface area contributed by atoms with Crippen molar-refractivity contribution in [1.82, 2.24) is 10.2 Å². The molecule has 0 saturated carbocycles. The van der Waals surface area contributed by atoms with Crippen LogP contribution in [0, 0.1) is 5.92 Å². The van der Waals surface area contributed by atoms with Crippen molar-refractivity contribution in [3.05, 3.63) is 0 Å². The Kier molecular flexibility index (Phi) is 6.26. The number of nitrogens with one attached hydrogen (secondary N) is 1. The Bertz CT molecular complexity index is 151. The second kappa shape index (κ2) is 7.24. The Morgan fingerprint density at radius 1 is 1.07 bits per heavy atom. The maximum atomic E-state index is 3.59. The minimum atomic E-state index is 0.659. The lowest BCUT2D eigenvalue weighted by Crippen LogP contribution is -2.35. The van der Waals surface area contributed by atoms with Gasteiger partial charge in [-0.25, -0.2) is 0 Å². The maximum Gasteiger partial charge on any atom is 0.00617 e. The van der Waals surface area contributed by atoms with E-state index in [0.717, 1.165) is 5.92 Å². The summed E-state index contributed by atoms with van der Waals surface area (Å²) in [7, 11) is 0. The predicted octanol–water partition coefficient (Wildman–Crippen LogP) is 2.50. The summed E-state index contributed by atoms with van der Waals surface area (Å²) >= 11 is 0. The third-order valence-corrected chi connectivity index (χ3v) is 3.57. The zero-order chi connectivity index (χ0) is 11.1. The summed E-state index contributed by atoms with van der Waals surface area (Å²) < 4.78 is 0. The zero-order valence-electron chi connectivity index (χ0n) is 10.8. The summed E-state index contributed by atoms with van der Waals surface area (Å²) in [5.41, 5.74) is 0. The number of rotatable bonds is 6. The van der Waals surface area contributed by atoms with Crippen LogP contribution in [0.2, 0.25) is 0 Å². The van der Waals surface area contributed by atoms with Crippen molar-refractivity contribution in [2.75, 3.05) is 26.2 Å². The van der Waals surface area contributed by atoms with Crippen LogP contribution in [0.15, 0.2) is 0 Å². The first-order chi connectivity index (χ1) is 7.20. The van der Waals surface area contributed by atoms with E-state index in [1.165, 1.54) is 51.9 Å². The normalized spacial score (nSPS) is 20.8. The van der Waals surface area contributed by atoms with Crippen LogP contribution in [0.25, 0.3) is 0 Å². The number of hydrogen-bond donors (Lipinski definition) is 1. The second-order valence-electron chi connectivity index (χ2n) is 5.24. The molecule has 0 spiro atoms. The lowest BCUT2D eigenvalue weighted by atomic mass is 10.1. The average Bonchev–Trinajstić information content (AvgIpc) is 2.25. The van der Waals surface area contributed by atoms with Gasteiger partial charge in [-0.05, 0) is 58.3 Å². The molecule has 0 aromatic carbocycles. The Balaban J connectivity index is 1.96. The van der Waals surface area contributed by atoms with E-state index >= 15 is 0 Å². The van der Waals surface area contributed by atoms with Crippen molar-refractivity contribution in [3.63, 3.8) is 0 Å². The largest absolute Gasteiger partial charge is 0.314 e. The molecule has 1 aliphatic heterocycles. The molecule has 0 bridgehead atoms. The Morgan fingerprint density at radius 3 is 2.33 bits per heavy atom. The molecule has 1 saturated heterocycles. The van der Waals surface area contributed by atoms with Crippen molar-refractivity contribution in [1.29, 1.82) is 0 Å². The highest BCUT2D eigenvalue weighted by atomic mass is 15.1. The number of likely N-dealkylation sites (tertiary alicyclic amines) is 1. The predicted molar refractivity (Wildman–Crippen MR) is 67.2 cm³/mol. The molecule has 90 valence electrons. The van der Waals surface area contributed by atoms with Gasteiger partial charge in [0.1, 0.15) is 0 Å². The summed E-state index contributed by atoms with van der Waals surface area (Å²) in [6, 6.07) is 0.659. The van der Waals surface area contributed by atoms with Gasteiger partial charge in [0, 0.05) is 6.04 Å². The third-order valence-electron chi connectivity index (χ3n) is 3.57. The van der Waals surface area contributed by atoms with Crippen LogP contribution in [0.4, 0.5) is 0 Å². The topological polar surface area (TPSA) is 15.3 Å². The van der Waals surface area contributed by atoms with E-state index in [-0.39, 0.29) is 0 Å². The van der Waals surface area contributed by atoms with Crippen molar-refractivity contribution in [3.8, 4) is 0 Å². The van der Waals surface area contributed by atoms with Gasteiger partial charge in [-0.1, -0.05) is 20.3 Å². The first kappa shape index (κ1) is 13.0. The van der Waals surface area contributed by atoms with Gasteiger partial charge in [-0.2, -0.15) is 0 Å². The maximum absolute atomic E-state index is 3.59. The molecule has 1 unspecified atom stereocenters. The molecule has 0 aromatic heterocycles. The van der Waals surface area contributed by atoms with E-state index in [1.807, 2.05) is 0 Å². The zero-order valence-corrected chi connectivity index (χ0v) is 10.8. The Morgan fingerprint density at radius 2 is 1.73 bits per heavy atom. The van der Waals surface area contributed by atoms with Gasteiger partial charge in [0.2, 0.25) is 0 Å². The number of hydrogen-bond acceptors (Lipinski definition) is 2. The molecule has 2 heteroatoms. The number of piperidine rings is 1. The highest BCUT2D eigenvalue weighted by Gasteiger charge is 2.09. The summed E-state index contributed by atoms with van der Waals surface area (Å²) in [6.45, 7) is 12.0. The van der Waals surface area contributed by atoms with Crippen LogP contribution in [-0.2, 0) is 0 Å². The van der Waals surface area contributed by atoms with Crippen molar-refractivity contribution in [2.24, 2.45) is 5.92 Å². The quantitative estimate of drug-likeness (QED) is 0.681. The molecule has 1 heterocycles. The highest BCUT2D eigenvalue weighted by Crippen LogP contribution is 2.08. The lowest BCUT2D eigenvalue weighted by molar-refractivity contribution is 0.224. The van der Waals surface area contributed by atoms with Crippen LogP contribution < -0.4 is 5.32 Å². The average molecular weight is 212 g/mol. The molecular weight excluding hydrogens is 184 g/mol. The molecule has 0 aliphatic carbocycles. The second-order valence-corrected chi connectivity index (χ2v) is 5.24. The van der Waals surface area contributed by atoms with Crippen molar-refractivity contribution >= 4 is 0 Å². The van der Waals surface area contributed by atoms with Crippen LogP contribution in [0.5, 0.6) is 0 Å². The van der Waals surface area contributed by atoms with Crippen LogP contribution in [-0.4, -0.2) is 37.1 Å². The van der Waals surface area contributed by atoms with E-state index in [9.17, 15) is 0 Å². The Hall–Kier alpha value is -0.0800. The van der Waals surface area contributed by atoms with Gasteiger partial charge < -0.3 is 10.2 Å². The first-order valence-electron chi connectivity index (χ1n) is 6.66. The summed E-state index contributed by atoms with van der Waals surface area (Å²) in [5, 5.41) is 3.59. The third kappa shape index (κ3) is 5.53. The van der Waals surface area contributed by atoms with Gasteiger partial charge >= 0.3 is 0 Å². The van der Waals surface area contributed by atoms with E-state index in [4.69, 9.17) is 0 Å². The molecule has 1 atom stereocenters. The Labute approximate surface area is 95.4 Å². The molecule has 2 nitrogen and oxygen atoms in total. The minimum absolute atomic E-state index is 0.659. The SMILES string of the molecule is CC(C)C(C)NCCCN1CCCCC1. The molecule has 1 aliphatic rings. The van der Waals surface area contributed by atoms with Crippen LogP contribution >= 0.6 is 0 Å². The summed E-state index contributed by atoms with van der Waals surface area (Å²) in [4.78, 5) is 2.62. The molecule has 0 radical (unpaired) electrons. The van der Waals surface area contributed by atoms with Crippen molar-refractivity contribution < 1.29 is 0 Å². The number of nitrogens with zero attached hydrogens (tertiary/aromatic N) is 1. The summed E-state index contributed by atoms with van der Waals surface area (Å²) in [6.07, 6.45) is 5.57. The summed E-state index contributed by atoms with van der Waals surface area (Å²) in [5.74, 6) is 0.750. The molecule has 0 amide bonds. The fourth-order valence-corrected chi connectivity index (χ4v) is 2.05. The standard InChI is InChI=1S/C13H28N2/c1-12(2)13(3)14-8-7-11-15-9-5-4-6-10-15/h12-14H,4-11H2,1-3H3. The van der Waals surface area contributed by atoms with Crippen molar-refractivity contribution in [2.45, 2.75) is 52.5 Å². The first-order valence-corrected chi connectivity index (χ1v) is 6.66. The van der Waals surface area contributed by atoms with E-state index in [2.05, 4.69) is 31.0 Å². The van der Waals surface area contributed by atoms with E-state index in [1.54, 1.807) is 0 Å². The minimum Gasteiger partial charge on any atom is -0.314 e. The van der Waals surface area contributed by atoms with Gasteiger partial charge in [0.25, 0.3) is 0 Å². The fraction of sp³-hybridized carbons (Fsp3) is 1.00. The highest BCUT2D eigenvalue weighted by molar-refractivity contribution is 4.67. The molecule has 15 heavy (non-hydrogen) atoms. The van der Waals surface area contributed by atoms with Gasteiger partial charge in [0.15, 0.2) is 0 Å². The molecule has 0 aromatic rings. The smallest absolute Gasteiger partial charge is 0.00617 e. The van der Waals surface area contributed by atoms with Gasteiger partial charge in [-0.3, -0.25) is 0 Å². The molecule has 1 rings (SSSR count). The monoisotopic (exact) mass is 212 g/mol. The lowest BCUT2D eigenvalue weighted by Gasteiger charge is -2.26. The molecular formula is C13H28N2. The molecule has 1 fully saturated rings. The van der Waals surface area contributed by atoms with Gasteiger partial charge in [-0.15, -0.1) is 0 Å². The van der Waals surface area contributed by atoms with E-state index < -0.39 is 0 Å².